The number of nitrogens with two attached hydrogens (primary N) is 1. The van der Waals surface area contributed by atoms with Crippen molar-refractivity contribution in [2.45, 2.75) is 6.92 Å². The molecule has 0 fully saturated rings. The predicted octanol–water partition coefficient (Wildman–Crippen LogP) is 1.27. The van der Waals surface area contributed by atoms with Crippen LogP contribution < -0.4 is 5.73 Å². The van der Waals surface area contributed by atoms with Crippen molar-refractivity contribution in [2.24, 2.45) is 5.73 Å². The topological polar surface area (TPSA) is 62.7 Å². The monoisotopic (exact) mass is 165 g/mol. The lowest BCUT2D eigenvalue weighted by atomic mass is 10.4. The molecule has 0 saturated carbocycles. The molecule has 2 N–H and O–H groups in total. The van der Waals surface area contributed by atoms with Crippen LogP contribution in [0.1, 0.15) is 9.88 Å². The van der Waals surface area contributed by atoms with E-state index in [-0.39, 0.29) is 0 Å². The largest absolute Gasteiger partial charge is 0.397 e. The van der Waals surface area contributed by atoms with Crippen LogP contribution in [0, 0.1) is 18.3 Å². The summed E-state index contributed by atoms with van der Waals surface area (Å²) in [7, 11) is 0. The van der Waals surface area contributed by atoms with Gasteiger partial charge in [-0.1, -0.05) is 0 Å². The van der Waals surface area contributed by atoms with E-state index in [4.69, 9.17) is 11.0 Å². The van der Waals surface area contributed by atoms with Crippen molar-refractivity contribution in [2.75, 3.05) is 0 Å². The van der Waals surface area contributed by atoms with Crippen LogP contribution in [0.25, 0.3) is 5.70 Å². The molecule has 0 saturated heterocycles. The van der Waals surface area contributed by atoms with Gasteiger partial charge in [0.25, 0.3) is 0 Å². The van der Waals surface area contributed by atoms with Gasteiger partial charge in [-0.3, -0.25) is 0 Å². The van der Waals surface area contributed by atoms with E-state index in [0.29, 0.717) is 5.70 Å². The average Bonchev–Trinajstić information content (AvgIpc) is 2.36. The van der Waals surface area contributed by atoms with Crippen molar-refractivity contribution in [3.8, 4) is 6.07 Å². The maximum Gasteiger partial charge on any atom is 0.0934 e. The number of allylic oxidation sites excluding steroid dienone is 1. The minimum atomic E-state index is 0.484. The van der Waals surface area contributed by atoms with Crippen molar-refractivity contribution in [1.29, 1.82) is 5.26 Å². The van der Waals surface area contributed by atoms with Crippen LogP contribution in [0.5, 0.6) is 0 Å². The van der Waals surface area contributed by atoms with Gasteiger partial charge in [-0.05, 0) is 6.92 Å². The van der Waals surface area contributed by atoms with E-state index in [0.717, 1.165) is 9.88 Å². The molecule has 3 nitrogen and oxygen atoms in total. The Bertz CT molecular complexity index is 319. The standard InChI is InChI=1S/C7H7N3S/c1-5-10-4-7(11-5)6(9)2-3-8/h2,4H,9H2,1H3/b6-2-. The summed E-state index contributed by atoms with van der Waals surface area (Å²) in [6, 6.07) is 1.87. The zero-order valence-electron chi connectivity index (χ0n) is 6.03. The van der Waals surface area contributed by atoms with E-state index in [1.165, 1.54) is 17.4 Å². The van der Waals surface area contributed by atoms with Gasteiger partial charge in [0.1, 0.15) is 0 Å². The molecule has 1 heterocycles. The number of hydrogen-bond acceptors (Lipinski definition) is 4. The van der Waals surface area contributed by atoms with Gasteiger partial charge in [-0.2, -0.15) is 5.26 Å². The van der Waals surface area contributed by atoms with E-state index in [1.54, 1.807) is 6.20 Å². The quantitative estimate of drug-likeness (QED) is 0.637. The Morgan fingerprint density at radius 2 is 2.64 bits per heavy atom. The van der Waals surface area contributed by atoms with Crippen molar-refractivity contribution >= 4 is 17.0 Å². The first-order valence-electron chi connectivity index (χ1n) is 3.02. The second kappa shape index (κ2) is 3.17. The second-order valence-corrected chi connectivity index (χ2v) is 3.21. The predicted molar refractivity (Wildman–Crippen MR) is 44.6 cm³/mol. The Hall–Kier alpha value is -1.34. The Labute approximate surface area is 68.8 Å². The van der Waals surface area contributed by atoms with Gasteiger partial charge in [-0.15, -0.1) is 11.3 Å². The first-order valence-corrected chi connectivity index (χ1v) is 3.83. The number of aryl methyl sites for hydroxylation is 1. The summed E-state index contributed by atoms with van der Waals surface area (Å²) in [5.41, 5.74) is 6.01. The third-order valence-electron chi connectivity index (χ3n) is 1.13. The summed E-state index contributed by atoms with van der Waals surface area (Å²) in [5, 5.41) is 9.24. The number of rotatable bonds is 1. The van der Waals surface area contributed by atoms with Crippen LogP contribution in [-0.2, 0) is 0 Å². The molecule has 1 rings (SSSR count). The molecule has 0 spiro atoms. The van der Waals surface area contributed by atoms with Crippen molar-refractivity contribution in [1.82, 2.24) is 4.98 Å². The zero-order valence-corrected chi connectivity index (χ0v) is 6.85. The molecule has 0 aromatic carbocycles. The van der Waals surface area contributed by atoms with E-state index in [9.17, 15) is 0 Å². The lowest BCUT2D eigenvalue weighted by molar-refractivity contribution is 1.29. The molecule has 56 valence electrons. The maximum absolute atomic E-state index is 8.28. The number of thiazole rings is 1. The fourth-order valence-corrected chi connectivity index (χ4v) is 1.34. The molecule has 11 heavy (non-hydrogen) atoms. The SMILES string of the molecule is Cc1ncc(/C(N)=C/C#N)s1. The van der Waals surface area contributed by atoms with Gasteiger partial charge in [0, 0.05) is 12.3 Å². The highest BCUT2D eigenvalue weighted by Gasteiger charge is 1.99. The van der Waals surface area contributed by atoms with E-state index in [2.05, 4.69) is 4.98 Å². The summed E-state index contributed by atoms with van der Waals surface area (Å²) in [6.07, 6.45) is 2.98. The molecule has 0 aliphatic heterocycles. The maximum atomic E-state index is 8.28. The highest BCUT2D eigenvalue weighted by atomic mass is 32.1. The molecule has 0 radical (unpaired) electrons. The summed E-state index contributed by atoms with van der Waals surface area (Å²) in [6.45, 7) is 1.90. The molecular weight excluding hydrogens is 158 g/mol. The van der Waals surface area contributed by atoms with Gasteiger partial charge in [0.15, 0.2) is 0 Å². The molecule has 4 heteroatoms. The second-order valence-electron chi connectivity index (χ2n) is 1.97. The highest BCUT2D eigenvalue weighted by Crippen LogP contribution is 2.16. The van der Waals surface area contributed by atoms with Crippen LogP contribution in [0.15, 0.2) is 12.3 Å². The minimum absolute atomic E-state index is 0.484. The van der Waals surface area contributed by atoms with Crippen LogP contribution in [0.3, 0.4) is 0 Å². The average molecular weight is 165 g/mol. The van der Waals surface area contributed by atoms with Crippen LogP contribution in [0.2, 0.25) is 0 Å². The first kappa shape index (κ1) is 7.76. The number of nitriles is 1. The molecular formula is C7H7N3S. The van der Waals surface area contributed by atoms with E-state index < -0.39 is 0 Å². The van der Waals surface area contributed by atoms with Gasteiger partial charge < -0.3 is 5.73 Å². The van der Waals surface area contributed by atoms with Crippen LogP contribution in [-0.4, -0.2) is 4.98 Å². The van der Waals surface area contributed by atoms with Crippen molar-refractivity contribution in [3.63, 3.8) is 0 Å². The molecule has 0 aliphatic carbocycles. The lowest BCUT2D eigenvalue weighted by Gasteiger charge is -1.89. The summed E-state index contributed by atoms with van der Waals surface area (Å²) in [4.78, 5) is 4.86. The molecule has 0 amide bonds. The number of aromatic nitrogens is 1. The Balaban J connectivity index is 2.95. The number of hydrogen-bond donors (Lipinski definition) is 1. The zero-order chi connectivity index (χ0) is 8.27. The van der Waals surface area contributed by atoms with Gasteiger partial charge in [-0.25, -0.2) is 4.98 Å². The molecule has 1 aromatic heterocycles. The summed E-state index contributed by atoms with van der Waals surface area (Å²) in [5.74, 6) is 0. The van der Waals surface area contributed by atoms with Gasteiger partial charge in [0.2, 0.25) is 0 Å². The molecule has 1 aromatic rings. The van der Waals surface area contributed by atoms with Crippen molar-refractivity contribution in [3.05, 3.63) is 22.2 Å². The molecule has 0 unspecified atom stereocenters. The Morgan fingerprint density at radius 3 is 3.09 bits per heavy atom. The third-order valence-corrected chi connectivity index (χ3v) is 2.09. The molecule has 0 atom stereocenters. The number of nitrogens with zero attached hydrogens (tertiary/aromatic N) is 2. The fourth-order valence-electron chi connectivity index (χ4n) is 0.635. The Kier molecular flexibility index (Phi) is 2.24. The summed E-state index contributed by atoms with van der Waals surface area (Å²) >= 11 is 1.48. The molecule has 0 bridgehead atoms. The fraction of sp³-hybridized carbons (Fsp3) is 0.143. The third kappa shape index (κ3) is 1.79. The van der Waals surface area contributed by atoms with Gasteiger partial charge >= 0.3 is 0 Å². The Morgan fingerprint density at radius 1 is 1.91 bits per heavy atom. The van der Waals surface area contributed by atoms with E-state index in [1.807, 2.05) is 13.0 Å². The normalized spacial score (nSPS) is 11.1. The first-order chi connectivity index (χ1) is 5.24. The van der Waals surface area contributed by atoms with E-state index >= 15 is 0 Å². The smallest absolute Gasteiger partial charge is 0.0934 e. The lowest BCUT2D eigenvalue weighted by Crippen LogP contribution is -1.91. The van der Waals surface area contributed by atoms with Crippen LogP contribution >= 0.6 is 11.3 Å². The molecule has 0 aliphatic rings. The van der Waals surface area contributed by atoms with Gasteiger partial charge in [0.05, 0.1) is 21.7 Å². The van der Waals surface area contributed by atoms with Crippen LogP contribution in [0.4, 0.5) is 0 Å². The highest BCUT2D eigenvalue weighted by molar-refractivity contribution is 7.12. The summed E-state index contributed by atoms with van der Waals surface area (Å²) < 4.78 is 0. The van der Waals surface area contributed by atoms with Crippen molar-refractivity contribution < 1.29 is 0 Å². The minimum Gasteiger partial charge on any atom is -0.397 e.